The van der Waals surface area contributed by atoms with Crippen molar-refractivity contribution in [3.63, 3.8) is 0 Å². The molecule has 0 saturated heterocycles. The first-order valence-corrected chi connectivity index (χ1v) is 43.7. The van der Waals surface area contributed by atoms with Crippen LogP contribution in [0, 0.1) is 0 Å². The number of carboxylic acids is 1. The zero-order valence-corrected chi connectivity index (χ0v) is 68.2. The van der Waals surface area contributed by atoms with Crippen LogP contribution in [-0.2, 0) is 33.3 Å². The Hall–Kier alpha value is -4.31. The third-order valence-corrected chi connectivity index (χ3v) is 19.2. The first kappa shape index (κ1) is 98.7. The Bertz CT molecular complexity index is 2120. The second-order valence-electron chi connectivity index (χ2n) is 30.4. The lowest BCUT2D eigenvalue weighted by Gasteiger charge is -2.26. The highest BCUT2D eigenvalue weighted by Gasteiger charge is 2.22. The summed E-state index contributed by atoms with van der Waals surface area (Å²) in [6.45, 7) is 4.57. The molecule has 0 fully saturated rings. The molecule has 0 N–H and O–H groups in total. The van der Waals surface area contributed by atoms with Crippen LogP contribution in [0.4, 0.5) is 0 Å². The summed E-state index contributed by atoms with van der Waals surface area (Å²) in [4.78, 5) is 37.7. The fourth-order valence-electron chi connectivity index (χ4n) is 12.7. The molecule has 594 valence electrons. The van der Waals surface area contributed by atoms with E-state index in [0.717, 1.165) is 96.3 Å². The fourth-order valence-corrected chi connectivity index (χ4v) is 12.7. The molecule has 0 aromatic carbocycles. The Morgan fingerprint density at radius 2 is 0.524 bits per heavy atom. The number of quaternary nitrogens is 1. The molecule has 0 bridgehead atoms. The topological polar surface area (TPSA) is 111 Å². The number of hydrogen-bond acceptors (Lipinski definition) is 8. The third kappa shape index (κ3) is 84.8. The SMILES string of the molecule is CC/C=C\C/C=C\C/C=C\C/C=C\C/C=C\CCCCCCCCCCCCCCCCCCCCCCCCCCCC(=O)OC(COC(=O)CCCCCCCCCCCCCCCCCCCCCCC/C=C\C/C=C\C/C=C\C/C=C\C/C=C\CC)COC(OCC[N+](C)(C)C)C(=O)[O-]. The maximum Gasteiger partial charge on any atom is 0.306 e. The molecule has 0 aliphatic heterocycles. The molecule has 0 saturated carbocycles. The van der Waals surface area contributed by atoms with Gasteiger partial charge in [0.25, 0.3) is 0 Å². The number of nitrogens with zero attached hydrogens (tertiary/aromatic N) is 1. The van der Waals surface area contributed by atoms with Crippen LogP contribution in [0.5, 0.6) is 0 Å². The maximum absolute atomic E-state index is 13.0. The number of esters is 2. The normalized spacial score (nSPS) is 13.2. The van der Waals surface area contributed by atoms with E-state index in [9.17, 15) is 19.5 Å². The summed E-state index contributed by atoms with van der Waals surface area (Å²) in [5.41, 5.74) is 0. The van der Waals surface area contributed by atoms with E-state index in [2.05, 4.69) is 135 Å². The number of hydrogen-bond donors (Lipinski definition) is 0. The summed E-state index contributed by atoms with van der Waals surface area (Å²) in [5.74, 6) is -2.26. The highest BCUT2D eigenvalue weighted by atomic mass is 16.7. The summed E-state index contributed by atoms with van der Waals surface area (Å²) in [5, 5.41) is 11.9. The van der Waals surface area contributed by atoms with Gasteiger partial charge in [0.2, 0.25) is 0 Å². The van der Waals surface area contributed by atoms with Gasteiger partial charge in [-0.25, -0.2) is 0 Å². The van der Waals surface area contributed by atoms with Crippen molar-refractivity contribution in [2.24, 2.45) is 0 Å². The van der Waals surface area contributed by atoms with Crippen LogP contribution in [0.15, 0.2) is 122 Å². The Morgan fingerprint density at radius 3 is 0.777 bits per heavy atom. The van der Waals surface area contributed by atoms with E-state index in [1.165, 1.54) is 270 Å². The van der Waals surface area contributed by atoms with Crippen molar-refractivity contribution >= 4 is 17.9 Å². The van der Waals surface area contributed by atoms with Crippen LogP contribution in [0.1, 0.15) is 399 Å². The largest absolute Gasteiger partial charge is 0.545 e. The van der Waals surface area contributed by atoms with Gasteiger partial charge in [0.15, 0.2) is 12.4 Å². The number of allylic oxidation sites excluding steroid dienone is 20. The molecule has 0 radical (unpaired) electrons. The molecule has 0 aromatic heterocycles. The number of carbonyl (C=O) groups excluding carboxylic acids is 3. The van der Waals surface area contributed by atoms with Crippen molar-refractivity contribution in [3.8, 4) is 0 Å². The van der Waals surface area contributed by atoms with Gasteiger partial charge in [0.05, 0.1) is 40.3 Å². The van der Waals surface area contributed by atoms with E-state index in [1.807, 2.05) is 21.1 Å². The first-order valence-electron chi connectivity index (χ1n) is 43.7. The third-order valence-electron chi connectivity index (χ3n) is 19.2. The second-order valence-corrected chi connectivity index (χ2v) is 30.4. The predicted molar refractivity (Wildman–Crippen MR) is 444 cm³/mol. The molecule has 2 atom stereocenters. The lowest BCUT2D eigenvalue weighted by atomic mass is 10.0. The minimum Gasteiger partial charge on any atom is -0.545 e. The molecule has 9 heteroatoms. The van der Waals surface area contributed by atoms with Crippen molar-refractivity contribution in [3.05, 3.63) is 122 Å². The van der Waals surface area contributed by atoms with Gasteiger partial charge in [-0.2, -0.15) is 0 Å². The Kier molecular flexibility index (Phi) is 79.8. The number of unbranched alkanes of at least 4 members (excludes halogenated alkanes) is 46. The molecule has 0 heterocycles. The Morgan fingerprint density at radius 1 is 0.291 bits per heavy atom. The van der Waals surface area contributed by atoms with Gasteiger partial charge in [-0.15, -0.1) is 0 Å². The maximum atomic E-state index is 13.0. The van der Waals surface area contributed by atoms with E-state index in [0.29, 0.717) is 23.9 Å². The van der Waals surface area contributed by atoms with E-state index in [1.54, 1.807) is 0 Å². The average Bonchev–Trinajstić information content (AvgIpc) is 1.01. The molecule has 0 aliphatic carbocycles. The summed E-state index contributed by atoms with van der Waals surface area (Å²) < 4.78 is 22.9. The number of ether oxygens (including phenoxy) is 4. The van der Waals surface area contributed by atoms with E-state index < -0.39 is 24.3 Å². The van der Waals surface area contributed by atoms with Gasteiger partial charge < -0.3 is 33.3 Å². The van der Waals surface area contributed by atoms with Gasteiger partial charge in [0.1, 0.15) is 13.2 Å². The molecule has 103 heavy (non-hydrogen) atoms. The number of carbonyl (C=O) groups is 3. The van der Waals surface area contributed by atoms with Crippen molar-refractivity contribution in [2.75, 3.05) is 47.5 Å². The van der Waals surface area contributed by atoms with Crippen molar-refractivity contribution < 1.29 is 42.9 Å². The van der Waals surface area contributed by atoms with Gasteiger partial charge in [-0.3, -0.25) is 9.59 Å². The molecular weight excluding hydrogens is 1270 g/mol. The first-order chi connectivity index (χ1) is 50.6. The standard InChI is InChI=1S/C94H165NO8/c1-6-8-10-12-14-16-18-20-22-24-26-28-30-32-34-36-38-40-42-44-45-46-47-49-51-53-55-57-59-61-63-65-67-69-71-73-75-77-79-81-83-85-92(97)103-90(89-102-94(93(98)99)100-87-86-95(3,4)5)88-101-91(96)84-82-80-78-76-74-72-70-68-66-64-62-60-58-56-54-52-50-48-43-41-39-37-35-33-31-29-27-25-23-21-19-17-15-13-11-9-7-2/h8-11,14-17,20-23,26-29,32-35,90,94H,6-7,12-13,18-19,24-25,30-31,36-89H2,1-5H3/b10-8-,11-9-,16-14-,17-15-,22-20-,23-21-,28-26-,29-27-,34-32-,35-33-. The molecule has 0 aromatic rings. The van der Waals surface area contributed by atoms with Crippen LogP contribution >= 0.6 is 0 Å². The lowest BCUT2D eigenvalue weighted by Crippen LogP contribution is -2.44. The summed E-state index contributed by atoms with van der Waals surface area (Å²) >= 11 is 0. The molecule has 0 aliphatic rings. The molecule has 0 amide bonds. The van der Waals surface area contributed by atoms with E-state index in [-0.39, 0.29) is 32.2 Å². The Labute approximate surface area is 637 Å². The predicted octanol–water partition coefficient (Wildman–Crippen LogP) is 27.3. The van der Waals surface area contributed by atoms with E-state index >= 15 is 0 Å². The highest BCUT2D eigenvalue weighted by molar-refractivity contribution is 5.70. The average molecular weight is 1440 g/mol. The Balaban J connectivity index is 3.93. The zero-order chi connectivity index (χ0) is 74.6. The van der Waals surface area contributed by atoms with Crippen LogP contribution < -0.4 is 5.11 Å². The number of carboxylic acid groups (broad SMARTS) is 1. The number of aliphatic carboxylic acids is 1. The molecule has 9 nitrogen and oxygen atoms in total. The van der Waals surface area contributed by atoms with Crippen LogP contribution in [-0.4, -0.2) is 82.3 Å². The molecule has 2 unspecified atom stereocenters. The highest BCUT2D eigenvalue weighted by Crippen LogP contribution is 2.20. The molecule has 0 rings (SSSR count). The summed E-state index contributed by atoms with van der Waals surface area (Å²) in [7, 11) is 5.95. The van der Waals surface area contributed by atoms with Crippen molar-refractivity contribution in [1.82, 2.24) is 0 Å². The van der Waals surface area contributed by atoms with Crippen LogP contribution in [0.3, 0.4) is 0 Å². The molecule has 0 spiro atoms. The van der Waals surface area contributed by atoms with Gasteiger partial charge in [-0.1, -0.05) is 405 Å². The van der Waals surface area contributed by atoms with Gasteiger partial charge >= 0.3 is 11.9 Å². The van der Waals surface area contributed by atoms with Crippen molar-refractivity contribution in [1.29, 1.82) is 0 Å². The quantitative estimate of drug-likeness (QED) is 0.0195. The lowest BCUT2D eigenvalue weighted by molar-refractivity contribution is -0.870. The monoisotopic (exact) mass is 1440 g/mol. The van der Waals surface area contributed by atoms with Crippen LogP contribution in [0.25, 0.3) is 0 Å². The number of rotatable bonds is 81. The van der Waals surface area contributed by atoms with E-state index in [4.69, 9.17) is 18.9 Å². The smallest absolute Gasteiger partial charge is 0.306 e. The number of likely N-dealkylation sites (N-methyl/N-ethyl adjacent to an activating group) is 1. The minimum atomic E-state index is -1.62. The van der Waals surface area contributed by atoms with Crippen LogP contribution in [0.2, 0.25) is 0 Å². The van der Waals surface area contributed by atoms with Gasteiger partial charge in [0, 0.05) is 12.8 Å². The molecular formula is C94H165NO8. The van der Waals surface area contributed by atoms with Gasteiger partial charge in [-0.05, 0) is 103 Å². The summed E-state index contributed by atoms with van der Waals surface area (Å²) in [6.07, 6.45) is 116. The zero-order valence-electron chi connectivity index (χ0n) is 68.2. The second kappa shape index (κ2) is 83.3. The minimum absolute atomic E-state index is 0.148. The summed E-state index contributed by atoms with van der Waals surface area (Å²) in [6, 6.07) is 0. The van der Waals surface area contributed by atoms with Crippen molar-refractivity contribution in [2.45, 2.75) is 411 Å². The fraction of sp³-hybridized carbons (Fsp3) is 0.755.